The molecule has 6 nitrogen and oxygen atoms in total. The number of hydrogen-bond acceptors (Lipinski definition) is 3. The Morgan fingerprint density at radius 3 is 2.36 bits per heavy atom. The van der Waals surface area contributed by atoms with E-state index in [1.807, 2.05) is 37.3 Å². The second kappa shape index (κ2) is 11.6. The molecule has 0 radical (unpaired) electrons. The van der Waals surface area contributed by atoms with Crippen molar-refractivity contribution in [1.82, 2.24) is 15.5 Å². The molecule has 2 aromatic carbocycles. The largest absolute Gasteiger partial charge is 0.489 e. The highest BCUT2D eigenvalue weighted by Crippen LogP contribution is 2.14. The molecule has 0 unspecified atom stereocenters. The predicted octanol–water partition coefficient (Wildman–Crippen LogP) is 2.45. The van der Waals surface area contributed by atoms with E-state index in [0.29, 0.717) is 12.6 Å². The number of carbonyl (C=O) groups is 1. The third-order valence-corrected chi connectivity index (χ3v) is 4.09. The lowest BCUT2D eigenvalue weighted by Crippen LogP contribution is -2.39. The van der Waals surface area contributed by atoms with E-state index in [1.54, 1.807) is 14.1 Å². The van der Waals surface area contributed by atoms with Crippen molar-refractivity contribution >= 4 is 11.9 Å². The molecule has 1 amide bonds. The van der Waals surface area contributed by atoms with E-state index in [0.717, 1.165) is 30.8 Å². The van der Waals surface area contributed by atoms with Gasteiger partial charge in [0.15, 0.2) is 5.96 Å². The van der Waals surface area contributed by atoms with Crippen LogP contribution in [0.5, 0.6) is 5.75 Å². The van der Waals surface area contributed by atoms with Crippen molar-refractivity contribution < 1.29 is 9.53 Å². The molecule has 0 aromatic heterocycles. The summed E-state index contributed by atoms with van der Waals surface area (Å²) in [5.74, 6) is 1.49. The van der Waals surface area contributed by atoms with E-state index in [9.17, 15) is 4.79 Å². The molecule has 28 heavy (non-hydrogen) atoms. The van der Waals surface area contributed by atoms with Crippen LogP contribution in [-0.4, -0.2) is 50.5 Å². The van der Waals surface area contributed by atoms with Crippen LogP contribution in [0.4, 0.5) is 0 Å². The van der Waals surface area contributed by atoms with Crippen LogP contribution in [0.1, 0.15) is 18.1 Å². The molecule has 0 aliphatic heterocycles. The number of likely N-dealkylation sites (N-methyl/N-ethyl adjacent to an activating group) is 1. The van der Waals surface area contributed by atoms with E-state index in [1.165, 1.54) is 10.5 Å². The first-order valence-electron chi connectivity index (χ1n) is 9.56. The Bertz CT molecular complexity index is 743. The Hall–Kier alpha value is -3.02. The van der Waals surface area contributed by atoms with Crippen LogP contribution in [0.15, 0.2) is 59.6 Å². The highest BCUT2D eigenvalue weighted by Gasteiger charge is 2.04. The fourth-order valence-electron chi connectivity index (χ4n) is 2.45. The molecule has 0 fully saturated rings. The minimum absolute atomic E-state index is 0.0247. The van der Waals surface area contributed by atoms with Gasteiger partial charge in [-0.15, -0.1) is 0 Å². The maximum absolute atomic E-state index is 11.7. The molecule has 0 saturated carbocycles. The number of hydrogen-bond donors (Lipinski definition) is 2. The molecule has 0 aliphatic rings. The SMILES string of the molecule is CCNC(=NCC(=O)N(C)C)NCCc1ccc(OCc2ccccc2)cc1. The lowest BCUT2D eigenvalue weighted by Gasteiger charge is -2.13. The van der Waals surface area contributed by atoms with Gasteiger partial charge in [-0.05, 0) is 36.6 Å². The molecule has 0 atom stereocenters. The fourth-order valence-corrected chi connectivity index (χ4v) is 2.45. The van der Waals surface area contributed by atoms with Gasteiger partial charge in [0, 0.05) is 27.2 Å². The number of aliphatic imine (C=N–C) groups is 1. The number of ether oxygens (including phenoxy) is 1. The molecule has 150 valence electrons. The maximum Gasteiger partial charge on any atom is 0.243 e. The van der Waals surface area contributed by atoms with Crippen LogP contribution in [0, 0.1) is 0 Å². The standard InChI is InChI=1S/C22H30N4O2/c1-4-23-22(25-16-21(27)26(2)3)24-15-14-18-10-12-20(13-11-18)28-17-19-8-6-5-7-9-19/h5-13H,4,14-17H2,1-3H3,(H2,23,24,25). The molecule has 6 heteroatoms. The third-order valence-electron chi connectivity index (χ3n) is 4.09. The van der Waals surface area contributed by atoms with Crippen LogP contribution >= 0.6 is 0 Å². The summed E-state index contributed by atoms with van der Waals surface area (Å²) in [5, 5.41) is 6.41. The van der Waals surface area contributed by atoms with Gasteiger partial charge in [0.2, 0.25) is 5.91 Å². The average Bonchev–Trinajstić information content (AvgIpc) is 2.71. The van der Waals surface area contributed by atoms with Crippen molar-refractivity contribution in [3.05, 3.63) is 65.7 Å². The van der Waals surface area contributed by atoms with Gasteiger partial charge in [0.25, 0.3) is 0 Å². The van der Waals surface area contributed by atoms with Crippen molar-refractivity contribution in [2.45, 2.75) is 20.0 Å². The predicted molar refractivity (Wildman–Crippen MR) is 114 cm³/mol. The van der Waals surface area contributed by atoms with E-state index in [4.69, 9.17) is 4.74 Å². The van der Waals surface area contributed by atoms with E-state index < -0.39 is 0 Å². The molecule has 0 bridgehead atoms. The van der Waals surface area contributed by atoms with Gasteiger partial charge in [-0.3, -0.25) is 4.79 Å². The third kappa shape index (κ3) is 7.70. The van der Waals surface area contributed by atoms with Gasteiger partial charge in [-0.25, -0.2) is 4.99 Å². The smallest absolute Gasteiger partial charge is 0.243 e. The van der Waals surface area contributed by atoms with Crippen LogP contribution in [0.2, 0.25) is 0 Å². The molecule has 0 spiro atoms. The summed E-state index contributed by atoms with van der Waals surface area (Å²) in [6.07, 6.45) is 0.852. The minimum Gasteiger partial charge on any atom is -0.489 e. The topological polar surface area (TPSA) is 66.0 Å². The van der Waals surface area contributed by atoms with Gasteiger partial charge in [-0.2, -0.15) is 0 Å². The van der Waals surface area contributed by atoms with Crippen LogP contribution in [0.25, 0.3) is 0 Å². The molecule has 0 aliphatic carbocycles. The number of rotatable bonds is 9. The maximum atomic E-state index is 11.7. The van der Waals surface area contributed by atoms with E-state index in [-0.39, 0.29) is 12.5 Å². The summed E-state index contributed by atoms with van der Waals surface area (Å²) in [6, 6.07) is 18.3. The quantitative estimate of drug-likeness (QED) is 0.516. The van der Waals surface area contributed by atoms with Crippen LogP contribution in [0.3, 0.4) is 0 Å². The van der Waals surface area contributed by atoms with Gasteiger partial charge in [-0.1, -0.05) is 42.5 Å². The summed E-state index contributed by atoms with van der Waals surface area (Å²) in [4.78, 5) is 17.5. The lowest BCUT2D eigenvalue weighted by atomic mass is 10.1. The lowest BCUT2D eigenvalue weighted by molar-refractivity contribution is -0.127. The molecule has 0 heterocycles. The Kier molecular flexibility index (Phi) is 8.85. The highest BCUT2D eigenvalue weighted by molar-refractivity contribution is 5.84. The minimum atomic E-state index is -0.0247. The molecule has 0 saturated heterocycles. The second-order valence-corrected chi connectivity index (χ2v) is 6.58. The number of benzene rings is 2. The Balaban J connectivity index is 1.78. The monoisotopic (exact) mass is 382 g/mol. The van der Waals surface area contributed by atoms with Crippen LogP contribution < -0.4 is 15.4 Å². The van der Waals surface area contributed by atoms with Crippen molar-refractivity contribution in [3.8, 4) is 5.75 Å². The molecular weight excluding hydrogens is 352 g/mol. The van der Waals surface area contributed by atoms with E-state index >= 15 is 0 Å². The van der Waals surface area contributed by atoms with E-state index in [2.05, 4.69) is 39.9 Å². The average molecular weight is 383 g/mol. The Labute approximate surface area is 167 Å². The Morgan fingerprint density at radius 1 is 1.00 bits per heavy atom. The zero-order valence-electron chi connectivity index (χ0n) is 16.9. The first-order chi connectivity index (χ1) is 13.6. The zero-order chi connectivity index (χ0) is 20.2. The van der Waals surface area contributed by atoms with Crippen molar-refractivity contribution in [3.63, 3.8) is 0 Å². The van der Waals surface area contributed by atoms with Crippen molar-refractivity contribution in [2.24, 2.45) is 4.99 Å². The molecule has 2 N–H and O–H groups in total. The summed E-state index contributed by atoms with van der Waals surface area (Å²) >= 11 is 0. The van der Waals surface area contributed by atoms with Crippen LogP contribution in [-0.2, 0) is 17.8 Å². The number of guanidine groups is 1. The second-order valence-electron chi connectivity index (χ2n) is 6.58. The Morgan fingerprint density at radius 2 is 1.71 bits per heavy atom. The summed E-state index contributed by atoms with van der Waals surface area (Å²) < 4.78 is 5.81. The molecule has 2 rings (SSSR count). The van der Waals surface area contributed by atoms with Gasteiger partial charge >= 0.3 is 0 Å². The van der Waals surface area contributed by atoms with Gasteiger partial charge < -0.3 is 20.3 Å². The molecular formula is C22H30N4O2. The first kappa shape index (κ1) is 21.3. The summed E-state index contributed by atoms with van der Waals surface area (Å²) in [7, 11) is 3.46. The van der Waals surface area contributed by atoms with Crippen molar-refractivity contribution in [2.75, 3.05) is 33.7 Å². The zero-order valence-corrected chi connectivity index (χ0v) is 16.9. The number of amides is 1. The van der Waals surface area contributed by atoms with Gasteiger partial charge in [0.05, 0.1) is 0 Å². The summed E-state index contributed by atoms with van der Waals surface area (Å²) in [6.45, 7) is 4.17. The molecule has 2 aromatic rings. The number of carbonyl (C=O) groups excluding carboxylic acids is 1. The normalized spacial score (nSPS) is 11.0. The summed E-state index contributed by atoms with van der Waals surface area (Å²) in [5.41, 5.74) is 2.36. The fraction of sp³-hybridized carbons (Fsp3) is 0.364. The number of nitrogens with zero attached hydrogens (tertiary/aromatic N) is 2. The number of nitrogens with one attached hydrogen (secondary N) is 2. The first-order valence-corrected chi connectivity index (χ1v) is 9.56. The highest BCUT2D eigenvalue weighted by atomic mass is 16.5. The van der Waals surface area contributed by atoms with Crippen molar-refractivity contribution in [1.29, 1.82) is 0 Å². The van der Waals surface area contributed by atoms with Gasteiger partial charge in [0.1, 0.15) is 18.9 Å².